The van der Waals surface area contributed by atoms with Crippen molar-refractivity contribution >= 4 is 65.8 Å². The number of anilines is 2. The third kappa shape index (κ3) is 3.67. The van der Waals surface area contributed by atoms with Crippen LogP contribution < -0.4 is 10.6 Å². The highest BCUT2D eigenvalue weighted by atomic mass is 15.3. The Morgan fingerprint density at radius 3 is 1.85 bits per heavy atom. The van der Waals surface area contributed by atoms with Gasteiger partial charge in [-0.2, -0.15) is 0 Å². The van der Waals surface area contributed by atoms with E-state index in [-0.39, 0.29) is 12.2 Å². The molecule has 7 aromatic carbocycles. The highest BCUT2D eigenvalue weighted by molar-refractivity contribution is 6.18. The van der Waals surface area contributed by atoms with Gasteiger partial charge in [0.15, 0.2) is 0 Å². The topological polar surface area (TPSA) is 33.9 Å². The molecule has 0 saturated heterocycles. The SMILES string of the molecule is c1ccc(-n2c3ccccc3c3cc4c(cc32)c2ccccc2n4C2Nc3ccccc3NC2c2ccc3ccccc3c2)cc1. The lowest BCUT2D eigenvalue weighted by molar-refractivity contribution is 0.506. The van der Waals surface area contributed by atoms with Crippen molar-refractivity contribution in [2.24, 2.45) is 0 Å². The maximum Gasteiger partial charge on any atom is 0.129 e. The van der Waals surface area contributed by atoms with Crippen molar-refractivity contribution in [3.8, 4) is 5.69 Å². The second-order valence-electron chi connectivity index (χ2n) is 12.3. The predicted octanol–water partition coefficient (Wildman–Crippen LogP) is 10.8. The molecule has 0 amide bonds. The van der Waals surface area contributed by atoms with E-state index in [2.05, 4.69) is 177 Å². The molecule has 2 atom stereocenters. The average Bonchev–Trinajstić information content (AvgIpc) is 3.62. The Labute approximate surface area is 266 Å². The van der Waals surface area contributed by atoms with E-state index in [1.807, 2.05) is 0 Å². The first-order valence-corrected chi connectivity index (χ1v) is 15.9. The number of rotatable bonds is 3. The van der Waals surface area contributed by atoms with Crippen LogP contribution in [0.3, 0.4) is 0 Å². The van der Waals surface area contributed by atoms with Gasteiger partial charge in [-0.3, -0.25) is 0 Å². The lowest BCUT2D eigenvalue weighted by Gasteiger charge is -2.38. The molecule has 4 nitrogen and oxygen atoms in total. The van der Waals surface area contributed by atoms with Gasteiger partial charge in [0.05, 0.1) is 39.5 Å². The average molecular weight is 591 g/mol. The monoisotopic (exact) mass is 590 g/mol. The van der Waals surface area contributed by atoms with Crippen LogP contribution >= 0.6 is 0 Å². The molecule has 9 aromatic rings. The van der Waals surface area contributed by atoms with E-state index in [9.17, 15) is 0 Å². The summed E-state index contributed by atoms with van der Waals surface area (Å²) in [6, 6.07) is 57.2. The second kappa shape index (κ2) is 9.75. The Kier molecular flexibility index (Phi) is 5.37. The molecule has 1 aliphatic rings. The first-order valence-electron chi connectivity index (χ1n) is 15.9. The first kappa shape index (κ1) is 25.3. The Morgan fingerprint density at radius 1 is 0.413 bits per heavy atom. The number of para-hydroxylation sites is 5. The van der Waals surface area contributed by atoms with Gasteiger partial charge in [-0.1, -0.05) is 103 Å². The summed E-state index contributed by atoms with van der Waals surface area (Å²) in [4.78, 5) is 0. The van der Waals surface area contributed by atoms with Crippen molar-refractivity contribution in [2.45, 2.75) is 12.2 Å². The number of hydrogen-bond acceptors (Lipinski definition) is 2. The van der Waals surface area contributed by atoms with Crippen molar-refractivity contribution in [3.63, 3.8) is 0 Å². The normalized spacial score (nSPS) is 16.2. The Hall–Kier alpha value is -6.00. The van der Waals surface area contributed by atoms with Crippen LogP contribution in [0.15, 0.2) is 158 Å². The van der Waals surface area contributed by atoms with E-state index >= 15 is 0 Å². The van der Waals surface area contributed by atoms with Crippen molar-refractivity contribution in [1.29, 1.82) is 0 Å². The lowest BCUT2D eigenvalue weighted by atomic mass is 9.97. The highest BCUT2D eigenvalue weighted by Gasteiger charge is 2.33. The predicted molar refractivity (Wildman–Crippen MR) is 193 cm³/mol. The van der Waals surface area contributed by atoms with Crippen LogP contribution in [0.5, 0.6) is 0 Å². The van der Waals surface area contributed by atoms with E-state index in [4.69, 9.17) is 0 Å². The summed E-state index contributed by atoms with van der Waals surface area (Å²) in [5.41, 5.74) is 9.51. The van der Waals surface area contributed by atoms with Crippen molar-refractivity contribution < 1.29 is 0 Å². The van der Waals surface area contributed by atoms with Crippen LogP contribution in [0.4, 0.5) is 11.4 Å². The molecule has 46 heavy (non-hydrogen) atoms. The van der Waals surface area contributed by atoms with Crippen molar-refractivity contribution in [1.82, 2.24) is 9.13 Å². The third-order valence-electron chi connectivity index (χ3n) is 9.79. The first-order chi connectivity index (χ1) is 22.8. The van der Waals surface area contributed by atoms with E-state index in [1.54, 1.807) is 0 Å². The highest BCUT2D eigenvalue weighted by Crippen LogP contribution is 2.45. The maximum atomic E-state index is 3.99. The number of aromatic nitrogens is 2. The summed E-state index contributed by atoms with van der Waals surface area (Å²) >= 11 is 0. The van der Waals surface area contributed by atoms with E-state index < -0.39 is 0 Å². The van der Waals surface area contributed by atoms with Crippen LogP contribution in [0.25, 0.3) is 60.1 Å². The fraction of sp³-hybridized carbons (Fsp3) is 0.0476. The second-order valence-corrected chi connectivity index (χ2v) is 12.3. The number of fused-ring (bicyclic) bond motifs is 8. The Bertz CT molecular complexity index is 2610. The Morgan fingerprint density at radius 2 is 1.02 bits per heavy atom. The molecule has 2 unspecified atom stereocenters. The van der Waals surface area contributed by atoms with E-state index in [1.165, 1.54) is 65.6 Å². The fourth-order valence-corrected chi connectivity index (χ4v) is 7.72. The summed E-state index contributed by atoms with van der Waals surface area (Å²) in [5.74, 6) is 0. The lowest BCUT2D eigenvalue weighted by Crippen LogP contribution is -2.34. The number of nitrogens with zero attached hydrogens (tertiary/aromatic N) is 2. The Balaban J connectivity index is 1.28. The largest absolute Gasteiger partial charge is 0.373 e. The third-order valence-corrected chi connectivity index (χ3v) is 9.79. The molecule has 0 fully saturated rings. The maximum absolute atomic E-state index is 3.99. The number of nitrogens with one attached hydrogen (secondary N) is 2. The van der Waals surface area contributed by atoms with Gasteiger partial charge < -0.3 is 19.8 Å². The van der Waals surface area contributed by atoms with Crippen molar-refractivity contribution in [2.75, 3.05) is 10.6 Å². The number of benzene rings is 7. The van der Waals surface area contributed by atoms with Gasteiger partial charge in [0.1, 0.15) is 6.17 Å². The molecule has 218 valence electrons. The minimum absolute atomic E-state index is 0.0140. The summed E-state index contributed by atoms with van der Waals surface area (Å²) < 4.78 is 4.94. The van der Waals surface area contributed by atoms with Gasteiger partial charge in [-0.25, -0.2) is 0 Å². The van der Waals surface area contributed by atoms with Crippen LogP contribution in [-0.4, -0.2) is 9.13 Å². The zero-order valence-electron chi connectivity index (χ0n) is 25.1. The zero-order valence-corrected chi connectivity index (χ0v) is 25.1. The van der Waals surface area contributed by atoms with Crippen molar-refractivity contribution in [3.05, 3.63) is 163 Å². The molecule has 2 aromatic heterocycles. The standard InChI is InChI=1S/C42H30N4/c1-2-14-30(15-3-1)45-37-20-10-6-16-31(37)33-26-40-34(25-39(33)45)32-17-7-11-21-38(32)46(40)42-41(43-35-18-8-9-19-36(35)44-42)29-23-22-27-12-4-5-13-28(27)24-29/h1-26,41-44H. The molecule has 0 spiro atoms. The molecule has 2 N–H and O–H groups in total. The summed E-state index contributed by atoms with van der Waals surface area (Å²) in [7, 11) is 0. The van der Waals surface area contributed by atoms with Gasteiger partial charge >= 0.3 is 0 Å². The fourth-order valence-electron chi connectivity index (χ4n) is 7.72. The number of hydrogen-bond donors (Lipinski definition) is 2. The molecule has 3 heterocycles. The molecule has 0 saturated carbocycles. The van der Waals surface area contributed by atoms with Gasteiger partial charge in [-0.15, -0.1) is 0 Å². The molecule has 0 radical (unpaired) electrons. The molecule has 4 heteroatoms. The molecule has 0 aliphatic carbocycles. The van der Waals surface area contributed by atoms with Crippen LogP contribution in [0.1, 0.15) is 17.8 Å². The summed E-state index contributed by atoms with van der Waals surface area (Å²) in [6.07, 6.45) is -0.0848. The van der Waals surface area contributed by atoms with Gasteiger partial charge in [0, 0.05) is 27.2 Å². The smallest absolute Gasteiger partial charge is 0.129 e. The van der Waals surface area contributed by atoms with Gasteiger partial charge in [0.25, 0.3) is 0 Å². The van der Waals surface area contributed by atoms with Crippen LogP contribution in [0.2, 0.25) is 0 Å². The molecular formula is C42H30N4. The molecule has 0 bridgehead atoms. The quantitative estimate of drug-likeness (QED) is 0.215. The van der Waals surface area contributed by atoms with E-state index in [0.717, 1.165) is 11.4 Å². The van der Waals surface area contributed by atoms with Crippen LogP contribution in [0, 0.1) is 0 Å². The minimum atomic E-state index is -0.0848. The zero-order chi connectivity index (χ0) is 30.2. The van der Waals surface area contributed by atoms with E-state index in [0.29, 0.717) is 0 Å². The van der Waals surface area contributed by atoms with Gasteiger partial charge in [0.2, 0.25) is 0 Å². The summed E-state index contributed by atoms with van der Waals surface area (Å²) in [5, 5.41) is 15.5. The minimum Gasteiger partial charge on any atom is -0.373 e. The van der Waals surface area contributed by atoms with Gasteiger partial charge in [-0.05, 0) is 70.9 Å². The molecule has 10 rings (SSSR count). The molecular weight excluding hydrogens is 560 g/mol. The molecule has 1 aliphatic heterocycles. The summed E-state index contributed by atoms with van der Waals surface area (Å²) in [6.45, 7) is 0. The van der Waals surface area contributed by atoms with Crippen LogP contribution in [-0.2, 0) is 0 Å².